The average Bonchev–Trinajstić information content (AvgIpc) is 2.24. The molecular formula is C13H16F3NS. The summed E-state index contributed by atoms with van der Waals surface area (Å²) in [5.74, 6) is -1.06. The van der Waals surface area contributed by atoms with E-state index in [-0.39, 0.29) is 17.1 Å². The van der Waals surface area contributed by atoms with Gasteiger partial charge in [-0.25, -0.2) is 13.2 Å². The zero-order chi connectivity index (χ0) is 13.3. The highest BCUT2D eigenvalue weighted by molar-refractivity contribution is 7.99. The molecule has 0 spiro atoms. The molecule has 0 radical (unpaired) electrons. The molecule has 0 bridgehead atoms. The molecule has 1 aliphatic rings. The van der Waals surface area contributed by atoms with Gasteiger partial charge in [0.1, 0.15) is 5.82 Å². The Bertz CT molecular complexity index is 448. The van der Waals surface area contributed by atoms with E-state index in [1.165, 1.54) is 0 Å². The van der Waals surface area contributed by atoms with Gasteiger partial charge in [0, 0.05) is 23.9 Å². The van der Waals surface area contributed by atoms with Crippen molar-refractivity contribution in [3.8, 4) is 0 Å². The molecule has 5 heteroatoms. The number of thioether (sulfide) groups is 1. The van der Waals surface area contributed by atoms with Crippen LogP contribution in [0, 0.1) is 22.9 Å². The van der Waals surface area contributed by atoms with E-state index in [4.69, 9.17) is 0 Å². The van der Waals surface area contributed by atoms with Gasteiger partial charge in [-0.2, -0.15) is 11.8 Å². The Hall–Kier alpha value is -0.840. The van der Waals surface area contributed by atoms with Gasteiger partial charge in [-0.3, -0.25) is 0 Å². The first-order valence-corrected chi connectivity index (χ1v) is 7.02. The van der Waals surface area contributed by atoms with Crippen molar-refractivity contribution >= 4 is 17.4 Å². The molecule has 1 heterocycles. The number of nitrogens with one attached hydrogen (secondary N) is 1. The Morgan fingerprint density at radius 1 is 1.28 bits per heavy atom. The maximum Gasteiger partial charge on any atom is 0.182 e. The number of rotatable bonds is 2. The zero-order valence-electron chi connectivity index (χ0n) is 10.4. The van der Waals surface area contributed by atoms with Gasteiger partial charge in [0.25, 0.3) is 0 Å². The monoisotopic (exact) mass is 275 g/mol. The van der Waals surface area contributed by atoms with Gasteiger partial charge in [0.05, 0.1) is 5.69 Å². The lowest BCUT2D eigenvalue weighted by molar-refractivity contribution is 0.357. The summed E-state index contributed by atoms with van der Waals surface area (Å²) in [6, 6.07) is 1.60. The number of anilines is 1. The molecule has 0 aromatic heterocycles. The van der Waals surface area contributed by atoms with E-state index in [9.17, 15) is 13.2 Å². The fraction of sp³-hybridized carbons (Fsp3) is 0.538. The normalized spacial score (nSPS) is 22.8. The topological polar surface area (TPSA) is 12.0 Å². The average molecular weight is 275 g/mol. The summed E-state index contributed by atoms with van der Waals surface area (Å²) >= 11 is 1.77. The van der Waals surface area contributed by atoms with Gasteiger partial charge in [0.2, 0.25) is 0 Å². The van der Waals surface area contributed by atoms with Crippen LogP contribution in [0.1, 0.15) is 20.3 Å². The van der Waals surface area contributed by atoms with E-state index >= 15 is 0 Å². The van der Waals surface area contributed by atoms with Gasteiger partial charge < -0.3 is 5.32 Å². The Morgan fingerprint density at radius 3 is 2.67 bits per heavy atom. The number of hydrogen-bond donors (Lipinski definition) is 1. The molecule has 2 rings (SSSR count). The minimum Gasteiger partial charge on any atom is -0.379 e. The molecule has 1 aliphatic heterocycles. The summed E-state index contributed by atoms with van der Waals surface area (Å²) in [5.41, 5.74) is 0.0685. The van der Waals surface area contributed by atoms with E-state index < -0.39 is 17.5 Å². The Labute approximate surface area is 109 Å². The fourth-order valence-corrected chi connectivity index (χ4v) is 3.51. The van der Waals surface area contributed by atoms with Crippen LogP contribution in [0.4, 0.5) is 18.9 Å². The van der Waals surface area contributed by atoms with Crippen molar-refractivity contribution in [2.45, 2.75) is 26.3 Å². The third kappa shape index (κ3) is 3.13. The van der Waals surface area contributed by atoms with Crippen LogP contribution >= 0.6 is 11.8 Å². The molecule has 1 nitrogen and oxygen atoms in total. The molecule has 18 heavy (non-hydrogen) atoms. The van der Waals surface area contributed by atoms with Crippen molar-refractivity contribution in [1.29, 1.82) is 0 Å². The van der Waals surface area contributed by atoms with Gasteiger partial charge >= 0.3 is 0 Å². The van der Waals surface area contributed by atoms with Crippen LogP contribution in [0.3, 0.4) is 0 Å². The van der Waals surface area contributed by atoms with Gasteiger partial charge in [-0.1, -0.05) is 13.8 Å². The fourth-order valence-electron chi connectivity index (χ4n) is 2.24. The first-order valence-electron chi connectivity index (χ1n) is 5.86. The molecule has 0 amide bonds. The second-order valence-corrected chi connectivity index (χ2v) is 6.50. The van der Waals surface area contributed by atoms with Crippen molar-refractivity contribution in [2.24, 2.45) is 5.41 Å². The van der Waals surface area contributed by atoms with E-state index in [0.717, 1.165) is 24.0 Å². The first-order chi connectivity index (χ1) is 8.37. The molecule has 0 saturated carbocycles. The van der Waals surface area contributed by atoms with Gasteiger partial charge in [-0.05, 0) is 17.6 Å². The highest BCUT2D eigenvalue weighted by Gasteiger charge is 2.29. The summed E-state index contributed by atoms with van der Waals surface area (Å²) in [6.07, 6.45) is 0.859. The van der Waals surface area contributed by atoms with Crippen LogP contribution in [-0.4, -0.2) is 17.5 Å². The van der Waals surface area contributed by atoms with E-state index in [1.807, 2.05) is 0 Å². The van der Waals surface area contributed by atoms with Crippen LogP contribution in [-0.2, 0) is 0 Å². The SMILES string of the molecule is CC1(C)CSCC(Nc2cc(F)cc(F)c2F)C1. The lowest BCUT2D eigenvalue weighted by Gasteiger charge is -2.35. The summed E-state index contributed by atoms with van der Waals surface area (Å²) < 4.78 is 39.7. The Kier molecular flexibility index (Phi) is 3.80. The van der Waals surface area contributed by atoms with Crippen LogP contribution in [0.25, 0.3) is 0 Å². The van der Waals surface area contributed by atoms with E-state index in [2.05, 4.69) is 19.2 Å². The number of halogens is 3. The second-order valence-electron chi connectivity index (χ2n) is 5.47. The predicted molar refractivity (Wildman–Crippen MR) is 69.4 cm³/mol. The smallest absolute Gasteiger partial charge is 0.182 e. The summed E-state index contributed by atoms with van der Waals surface area (Å²) in [7, 11) is 0. The van der Waals surface area contributed by atoms with Crippen molar-refractivity contribution in [3.63, 3.8) is 0 Å². The molecule has 1 fully saturated rings. The molecule has 1 aromatic carbocycles. The minimum atomic E-state index is -1.15. The quantitative estimate of drug-likeness (QED) is 0.817. The standard InChI is InChI=1S/C13H16F3NS/c1-13(2)5-9(6-18-7-13)17-11-4-8(14)3-10(15)12(11)16/h3-4,9,17H,5-7H2,1-2H3. The number of benzene rings is 1. The minimum absolute atomic E-state index is 0.0365. The molecule has 1 N–H and O–H groups in total. The maximum absolute atomic E-state index is 13.5. The maximum atomic E-state index is 13.5. The number of hydrogen-bond acceptors (Lipinski definition) is 2. The van der Waals surface area contributed by atoms with Gasteiger partial charge in [-0.15, -0.1) is 0 Å². The Balaban J connectivity index is 2.14. The molecule has 1 aromatic rings. The van der Waals surface area contributed by atoms with E-state index in [0.29, 0.717) is 6.07 Å². The van der Waals surface area contributed by atoms with Crippen LogP contribution in [0.5, 0.6) is 0 Å². The van der Waals surface area contributed by atoms with E-state index in [1.54, 1.807) is 11.8 Å². The van der Waals surface area contributed by atoms with Crippen LogP contribution in [0.15, 0.2) is 12.1 Å². The highest BCUT2D eigenvalue weighted by Crippen LogP contribution is 2.35. The van der Waals surface area contributed by atoms with Gasteiger partial charge in [0.15, 0.2) is 11.6 Å². The molecule has 100 valence electrons. The molecule has 0 aliphatic carbocycles. The zero-order valence-corrected chi connectivity index (χ0v) is 11.2. The molecular weight excluding hydrogens is 259 g/mol. The largest absolute Gasteiger partial charge is 0.379 e. The summed E-state index contributed by atoms with van der Waals surface area (Å²) in [5, 5.41) is 2.91. The van der Waals surface area contributed by atoms with Crippen LogP contribution in [0.2, 0.25) is 0 Å². The highest BCUT2D eigenvalue weighted by atomic mass is 32.2. The van der Waals surface area contributed by atoms with Crippen molar-refractivity contribution < 1.29 is 13.2 Å². The molecule has 1 unspecified atom stereocenters. The van der Waals surface area contributed by atoms with Crippen molar-refractivity contribution in [2.75, 3.05) is 16.8 Å². The van der Waals surface area contributed by atoms with Crippen molar-refractivity contribution in [1.82, 2.24) is 0 Å². The predicted octanol–water partition coefficient (Wildman–Crippen LogP) is 4.05. The Morgan fingerprint density at radius 2 is 2.00 bits per heavy atom. The summed E-state index contributed by atoms with van der Waals surface area (Å²) in [6.45, 7) is 4.27. The summed E-state index contributed by atoms with van der Waals surface area (Å²) in [4.78, 5) is 0. The van der Waals surface area contributed by atoms with Crippen LogP contribution < -0.4 is 5.32 Å². The lowest BCUT2D eigenvalue weighted by Crippen LogP contribution is -2.35. The second kappa shape index (κ2) is 5.03. The third-order valence-electron chi connectivity index (χ3n) is 2.96. The first kappa shape index (κ1) is 13.6. The lowest BCUT2D eigenvalue weighted by atomic mass is 9.88. The molecule has 1 atom stereocenters. The van der Waals surface area contributed by atoms with Crippen molar-refractivity contribution in [3.05, 3.63) is 29.6 Å². The third-order valence-corrected chi connectivity index (χ3v) is 4.59. The molecule has 1 saturated heterocycles.